The van der Waals surface area contributed by atoms with E-state index in [9.17, 15) is 0 Å². The number of allylic oxidation sites excluding steroid dienone is 2. The second kappa shape index (κ2) is 9.52. The Labute approximate surface area is 175 Å². The molecule has 0 aliphatic rings. The lowest BCUT2D eigenvalue weighted by molar-refractivity contribution is 1.03. The van der Waals surface area contributed by atoms with Crippen LogP contribution in [-0.4, -0.2) is 25.1 Å². The van der Waals surface area contributed by atoms with Crippen LogP contribution >= 0.6 is 0 Å². The number of anilines is 1. The Balaban J connectivity index is 1.45. The van der Waals surface area contributed by atoms with Gasteiger partial charge in [-0.05, 0) is 48.4 Å². The van der Waals surface area contributed by atoms with E-state index in [1.165, 1.54) is 0 Å². The zero-order chi connectivity index (χ0) is 20.6. The summed E-state index contributed by atoms with van der Waals surface area (Å²) in [6, 6.07) is 15.9. The Kier molecular flexibility index (Phi) is 6.15. The average molecular weight is 394 g/mol. The summed E-state index contributed by atoms with van der Waals surface area (Å²) in [5.41, 5.74) is 5.96. The smallest absolute Gasteiger partial charge is 0.130 e. The summed E-state index contributed by atoms with van der Waals surface area (Å²) in [7, 11) is 0. The van der Waals surface area contributed by atoms with E-state index in [1.54, 1.807) is 18.6 Å². The first-order valence-electron chi connectivity index (χ1n) is 9.87. The van der Waals surface area contributed by atoms with Crippen molar-refractivity contribution in [2.45, 2.75) is 19.8 Å². The molecule has 0 bridgehead atoms. The molecule has 4 heterocycles. The molecule has 0 aromatic carbocycles. The molecule has 0 fully saturated rings. The van der Waals surface area contributed by atoms with E-state index in [-0.39, 0.29) is 0 Å². The number of hydrogen-bond acceptors (Lipinski definition) is 6. The van der Waals surface area contributed by atoms with E-state index in [0.717, 1.165) is 52.4 Å². The van der Waals surface area contributed by atoms with Gasteiger partial charge in [0, 0.05) is 41.8 Å². The quantitative estimate of drug-likeness (QED) is 0.478. The molecule has 6 nitrogen and oxygen atoms in total. The highest BCUT2D eigenvalue weighted by molar-refractivity contribution is 5.60. The molecule has 0 saturated carbocycles. The third kappa shape index (κ3) is 4.91. The van der Waals surface area contributed by atoms with E-state index in [1.807, 2.05) is 54.9 Å². The predicted molar refractivity (Wildman–Crippen MR) is 118 cm³/mol. The van der Waals surface area contributed by atoms with E-state index in [4.69, 9.17) is 0 Å². The monoisotopic (exact) mass is 394 g/mol. The minimum absolute atomic E-state index is 0.749. The molecule has 0 atom stereocenters. The standard InChI is InChI=1S/C24H22N6/c1-2-5-21(14-18-7-9-23(26-15-18)20-11-13-28-29-17-20)30-24-10-8-19(16-27-24)22-6-3-4-12-25-22/h3-13,15-17H,2,14H2,1H3,(H,27,30)/b21-5-. The van der Waals surface area contributed by atoms with Gasteiger partial charge >= 0.3 is 0 Å². The lowest BCUT2D eigenvalue weighted by Gasteiger charge is -2.12. The highest BCUT2D eigenvalue weighted by atomic mass is 15.1. The molecule has 0 amide bonds. The van der Waals surface area contributed by atoms with Crippen LogP contribution in [0, 0.1) is 0 Å². The Hall–Kier alpha value is -3.93. The van der Waals surface area contributed by atoms with Gasteiger partial charge in [-0.25, -0.2) is 4.98 Å². The van der Waals surface area contributed by atoms with Gasteiger partial charge in [0.2, 0.25) is 0 Å². The van der Waals surface area contributed by atoms with Crippen molar-refractivity contribution in [3.63, 3.8) is 0 Å². The Morgan fingerprint density at radius 3 is 2.37 bits per heavy atom. The van der Waals surface area contributed by atoms with E-state index in [2.05, 4.69) is 49.5 Å². The molecule has 4 aromatic rings. The average Bonchev–Trinajstić information content (AvgIpc) is 2.81. The summed E-state index contributed by atoms with van der Waals surface area (Å²) >= 11 is 0. The Bertz CT molecular complexity index is 1010. The molecule has 0 unspecified atom stereocenters. The van der Waals surface area contributed by atoms with Crippen LogP contribution in [0.5, 0.6) is 0 Å². The number of hydrogen-bond donors (Lipinski definition) is 1. The first-order valence-corrected chi connectivity index (χ1v) is 9.87. The van der Waals surface area contributed by atoms with Crippen LogP contribution in [0.25, 0.3) is 22.5 Å². The van der Waals surface area contributed by atoms with Crippen molar-refractivity contribution in [2.24, 2.45) is 0 Å². The lowest BCUT2D eigenvalue weighted by atomic mass is 10.1. The summed E-state index contributed by atoms with van der Waals surface area (Å²) in [6.07, 6.45) is 12.8. The van der Waals surface area contributed by atoms with Crippen LogP contribution in [0.1, 0.15) is 18.9 Å². The topological polar surface area (TPSA) is 76.5 Å². The van der Waals surface area contributed by atoms with Crippen LogP contribution in [0.3, 0.4) is 0 Å². The zero-order valence-corrected chi connectivity index (χ0v) is 16.7. The van der Waals surface area contributed by atoms with Crippen LogP contribution < -0.4 is 5.32 Å². The fourth-order valence-corrected chi connectivity index (χ4v) is 3.09. The van der Waals surface area contributed by atoms with Gasteiger partial charge in [-0.3, -0.25) is 9.97 Å². The molecule has 148 valence electrons. The summed E-state index contributed by atoms with van der Waals surface area (Å²) in [5.74, 6) is 0.807. The number of rotatable bonds is 7. The molecule has 0 saturated heterocycles. The number of nitrogens with zero attached hydrogens (tertiary/aromatic N) is 5. The van der Waals surface area contributed by atoms with Gasteiger partial charge < -0.3 is 5.32 Å². The maximum absolute atomic E-state index is 4.57. The molecular weight excluding hydrogens is 372 g/mol. The van der Waals surface area contributed by atoms with Crippen molar-refractivity contribution < 1.29 is 0 Å². The molecule has 0 radical (unpaired) electrons. The van der Waals surface area contributed by atoms with Crippen LogP contribution in [-0.2, 0) is 6.42 Å². The van der Waals surface area contributed by atoms with Gasteiger partial charge in [-0.1, -0.05) is 25.1 Å². The molecule has 4 aromatic heterocycles. The second-order valence-corrected chi connectivity index (χ2v) is 6.77. The van der Waals surface area contributed by atoms with Gasteiger partial charge in [-0.2, -0.15) is 10.2 Å². The van der Waals surface area contributed by atoms with Crippen LogP contribution in [0.4, 0.5) is 5.82 Å². The first kappa shape index (κ1) is 19.4. The molecule has 0 spiro atoms. The highest BCUT2D eigenvalue weighted by Crippen LogP contribution is 2.20. The van der Waals surface area contributed by atoms with Gasteiger partial charge in [-0.15, -0.1) is 0 Å². The molecule has 6 heteroatoms. The summed E-state index contributed by atoms with van der Waals surface area (Å²) in [5, 5.41) is 11.2. The second-order valence-electron chi connectivity index (χ2n) is 6.77. The lowest BCUT2D eigenvalue weighted by Crippen LogP contribution is -2.05. The van der Waals surface area contributed by atoms with E-state index in [0.29, 0.717) is 0 Å². The van der Waals surface area contributed by atoms with Crippen molar-refractivity contribution in [1.29, 1.82) is 0 Å². The predicted octanol–water partition coefficient (Wildman–Crippen LogP) is 4.94. The van der Waals surface area contributed by atoms with Crippen molar-refractivity contribution in [2.75, 3.05) is 5.32 Å². The van der Waals surface area contributed by atoms with Gasteiger partial charge in [0.25, 0.3) is 0 Å². The Morgan fingerprint density at radius 2 is 1.70 bits per heavy atom. The molecule has 1 N–H and O–H groups in total. The normalized spacial score (nSPS) is 11.3. The van der Waals surface area contributed by atoms with Crippen molar-refractivity contribution in [3.8, 4) is 22.5 Å². The van der Waals surface area contributed by atoms with Gasteiger partial charge in [0.05, 0.1) is 23.8 Å². The maximum Gasteiger partial charge on any atom is 0.130 e. The molecule has 0 aliphatic carbocycles. The molecule has 0 aliphatic heterocycles. The molecular formula is C24H22N6. The maximum atomic E-state index is 4.57. The zero-order valence-electron chi connectivity index (χ0n) is 16.7. The van der Waals surface area contributed by atoms with E-state index >= 15 is 0 Å². The van der Waals surface area contributed by atoms with Crippen molar-refractivity contribution in [1.82, 2.24) is 25.1 Å². The van der Waals surface area contributed by atoms with Gasteiger partial charge in [0.1, 0.15) is 5.82 Å². The molecule has 4 rings (SSSR count). The minimum Gasteiger partial charge on any atom is -0.344 e. The SMILES string of the molecule is CC/C=C(/Cc1ccc(-c2ccnnc2)nc1)Nc1ccc(-c2ccccn2)cn1. The first-order chi connectivity index (χ1) is 14.8. The molecule has 30 heavy (non-hydrogen) atoms. The summed E-state index contributed by atoms with van der Waals surface area (Å²) in [6.45, 7) is 2.12. The third-order valence-corrected chi connectivity index (χ3v) is 4.56. The highest BCUT2D eigenvalue weighted by Gasteiger charge is 2.05. The Morgan fingerprint density at radius 1 is 0.800 bits per heavy atom. The third-order valence-electron chi connectivity index (χ3n) is 4.56. The van der Waals surface area contributed by atoms with Crippen LogP contribution in [0.15, 0.2) is 91.3 Å². The van der Waals surface area contributed by atoms with Gasteiger partial charge in [0.15, 0.2) is 0 Å². The number of aromatic nitrogens is 5. The largest absolute Gasteiger partial charge is 0.344 e. The fourth-order valence-electron chi connectivity index (χ4n) is 3.09. The van der Waals surface area contributed by atoms with Crippen LogP contribution in [0.2, 0.25) is 0 Å². The summed E-state index contributed by atoms with van der Waals surface area (Å²) in [4.78, 5) is 13.5. The van der Waals surface area contributed by atoms with Crippen molar-refractivity contribution in [3.05, 3.63) is 96.9 Å². The fraction of sp³-hybridized carbons (Fsp3) is 0.125. The van der Waals surface area contributed by atoms with E-state index < -0.39 is 0 Å². The van der Waals surface area contributed by atoms with Crippen molar-refractivity contribution >= 4 is 5.82 Å². The number of pyridine rings is 3. The summed E-state index contributed by atoms with van der Waals surface area (Å²) < 4.78 is 0. The minimum atomic E-state index is 0.749. The number of nitrogens with one attached hydrogen (secondary N) is 1.